The summed E-state index contributed by atoms with van der Waals surface area (Å²) >= 11 is 0. The zero-order chi connectivity index (χ0) is 94.0. The predicted octanol–water partition coefficient (Wildman–Crippen LogP) is -0.918. The number of aliphatic carboxylic acids is 3. The number of para-hydroxylation sites is 2. The Morgan fingerprint density at radius 3 is 1.21 bits per heavy atom. The number of fused-ring (bicyclic) bond motifs is 2. The van der Waals surface area contributed by atoms with Gasteiger partial charge in [0.15, 0.2) is 0 Å². The molecule has 41 heteroatoms. The van der Waals surface area contributed by atoms with E-state index in [9.17, 15) is 102 Å². The van der Waals surface area contributed by atoms with Crippen molar-refractivity contribution in [1.29, 1.82) is 0 Å². The average Bonchev–Trinajstić information content (AvgIpc) is 1.72. The second-order valence-corrected chi connectivity index (χ2v) is 32.3. The SMILES string of the molecule is CC(=O)N[C@@H](Cc1cnc[nH]1)C(=O)N[C@H](C(=O)N[C@@H](Cc1ccccc1)C(=O)N[C@@H](CCCCN)C(=O)N[C@@H](CO)C(=O)N[C@@H](Cc1c[nH]c2ccccc12)C(=O)N[C@@H](CCC(=O)O)C(=O)N[C@@H](CCC(=O)O)C(=O)N[C@@H](Cc1ccc(O)cc1)C(=O)N[C@@H](CC(C)C)C(=O)N[C@@H](CC(=O)O)C(=O)N[C@@H](Cc1c[nH]c2ccccc12)C(=O)N[C@H](C(N)=O)C(C)C)C(C)C. The second-order valence-electron chi connectivity index (χ2n) is 32.3. The number of carbonyl (C=O) groups excluding carboxylic acids is 14. The number of carboxylic acid groups (broad SMARTS) is 3. The van der Waals surface area contributed by atoms with Crippen molar-refractivity contribution in [3.05, 3.63) is 156 Å². The maximum absolute atomic E-state index is 15.1. The summed E-state index contributed by atoms with van der Waals surface area (Å²) < 4.78 is 0. The van der Waals surface area contributed by atoms with E-state index in [0.717, 1.165) is 0 Å². The lowest BCUT2D eigenvalue weighted by atomic mass is 9.99. The van der Waals surface area contributed by atoms with Gasteiger partial charge in [-0.2, -0.15) is 0 Å². The van der Waals surface area contributed by atoms with Gasteiger partial charge in [0.2, 0.25) is 82.7 Å². The highest BCUT2D eigenvalue weighted by atomic mass is 16.4. The molecule has 3 heterocycles. The number of phenols is 1. The average molecular weight is 1780 g/mol. The summed E-state index contributed by atoms with van der Waals surface area (Å²) in [7, 11) is 0. The number of primary amides is 1. The molecule has 0 unspecified atom stereocenters. The third-order valence-electron chi connectivity index (χ3n) is 20.9. The molecular formula is C87H115N19O22. The summed E-state index contributed by atoms with van der Waals surface area (Å²) in [5.74, 6) is -20.8. The number of nitrogens with zero attached hydrogens (tertiary/aromatic N) is 1. The van der Waals surface area contributed by atoms with Crippen LogP contribution in [0.25, 0.3) is 21.8 Å². The number of carbonyl (C=O) groups is 17. The molecule has 7 aromatic rings. The van der Waals surface area contributed by atoms with E-state index in [4.69, 9.17) is 11.5 Å². The Hall–Kier alpha value is -14.1. The van der Waals surface area contributed by atoms with Crippen molar-refractivity contribution >= 4 is 122 Å². The standard InChI is InChI=1S/C87H115N19O22/c1-45(2)33-62(79(120)102-68(39-72(114)115)83(124)100-66(84(125)105-73(46(3)4)75(89)116)37-52-41-92-58-22-14-12-20-56(52)58)98-81(122)63(35-50-24-26-54(109)27-25-50)99-78(119)61(29-31-71(112)113)96-77(118)60(28-30-70(110)111)97-82(123)65(36-51-40-91-57-21-13-11-19-55(51)57)101-86(127)69(43-107)104-76(117)59(23-15-16-32-88)95-80(121)64(34-49-17-9-8-10-18-49)103-87(128)74(47(5)6)106-85(126)67(94-48(7)108)38-53-42-90-44-93-53/h8-14,17-22,24-27,40-42,44-47,59-69,73-74,91-92,107,109H,15-16,23,28-39,43,88H2,1-7H3,(H2,89,116)(H,90,93)(H,94,108)(H,95,121)(H,96,118)(H,97,123)(H,98,122)(H,99,119)(H,100,124)(H,101,127)(H,102,120)(H,103,128)(H,104,117)(H,105,125)(H,106,126)(H,110,111)(H,112,113)(H,114,115)/t59-,60-,61-,62-,63-,64-,65-,66-,67-,68-,69-,73-,74-/m0/s1. The molecule has 25 N–H and O–H groups in total. The molecule has 4 aromatic carbocycles. The van der Waals surface area contributed by atoms with Gasteiger partial charge in [0.1, 0.15) is 84.3 Å². The molecule has 3 aromatic heterocycles. The topological polar surface area (TPSA) is 660 Å². The molecule has 0 spiro atoms. The van der Waals surface area contributed by atoms with Crippen molar-refractivity contribution < 1.29 is 107 Å². The quantitative estimate of drug-likeness (QED) is 0.0205. The van der Waals surface area contributed by atoms with E-state index < -0.39 is 248 Å². The molecular weight excluding hydrogens is 1660 g/mol. The third-order valence-corrected chi connectivity index (χ3v) is 20.9. The van der Waals surface area contributed by atoms with Gasteiger partial charge in [-0.3, -0.25) is 81.5 Å². The number of aromatic nitrogens is 4. The van der Waals surface area contributed by atoms with E-state index in [1.54, 1.807) is 127 Å². The minimum absolute atomic E-state index is 0.0315. The molecule has 7 rings (SSSR count). The van der Waals surface area contributed by atoms with Crippen LogP contribution in [0.4, 0.5) is 0 Å². The van der Waals surface area contributed by atoms with Crippen molar-refractivity contribution in [3.63, 3.8) is 0 Å². The minimum Gasteiger partial charge on any atom is -0.508 e. The lowest BCUT2D eigenvalue weighted by molar-refractivity contribution is -0.142. The van der Waals surface area contributed by atoms with Crippen molar-refractivity contribution in [1.82, 2.24) is 89.1 Å². The maximum atomic E-state index is 15.1. The molecule has 13 atom stereocenters. The number of amides is 14. The number of benzene rings is 4. The number of imidazole rings is 1. The van der Waals surface area contributed by atoms with Crippen LogP contribution in [0.15, 0.2) is 128 Å². The Labute approximate surface area is 736 Å². The first-order valence-electron chi connectivity index (χ1n) is 41.9. The van der Waals surface area contributed by atoms with E-state index in [1.165, 1.54) is 49.9 Å². The highest BCUT2D eigenvalue weighted by Crippen LogP contribution is 2.23. The van der Waals surface area contributed by atoms with Crippen LogP contribution >= 0.6 is 0 Å². The minimum atomic E-state index is -1.98. The molecule has 0 aliphatic heterocycles. The van der Waals surface area contributed by atoms with Crippen LogP contribution in [0.5, 0.6) is 5.75 Å². The van der Waals surface area contributed by atoms with Gasteiger partial charge in [0.05, 0.1) is 19.4 Å². The molecule has 14 amide bonds. The summed E-state index contributed by atoms with van der Waals surface area (Å²) in [5, 5.41) is 85.5. The monoisotopic (exact) mass is 1780 g/mol. The highest BCUT2D eigenvalue weighted by Gasteiger charge is 2.40. The number of H-pyrrole nitrogens is 3. The molecule has 0 aliphatic carbocycles. The first-order chi connectivity index (χ1) is 60.8. The van der Waals surface area contributed by atoms with Gasteiger partial charge in [-0.25, -0.2) is 4.98 Å². The van der Waals surface area contributed by atoms with E-state index in [-0.39, 0.29) is 56.4 Å². The van der Waals surface area contributed by atoms with Crippen molar-refractivity contribution in [2.45, 2.75) is 217 Å². The Morgan fingerprint density at radius 2 is 0.773 bits per heavy atom. The van der Waals surface area contributed by atoms with Crippen LogP contribution in [-0.4, -0.2) is 238 Å². The number of aromatic amines is 3. The fourth-order valence-corrected chi connectivity index (χ4v) is 14.1. The number of nitrogens with two attached hydrogens (primary N) is 2. The fraction of sp³-hybridized carbons (Fsp3) is 0.448. The number of hydrogen-bond acceptors (Lipinski definition) is 21. The van der Waals surface area contributed by atoms with Gasteiger partial charge >= 0.3 is 17.9 Å². The Bertz CT molecular complexity index is 5020. The summed E-state index contributed by atoms with van der Waals surface area (Å²) in [6.45, 7) is 9.97. The smallest absolute Gasteiger partial charge is 0.305 e. The number of aromatic hydroxyl groups is 1. The highest BCUT2D eigenvalue weighted by molar-refractivity contribution is 6.02. The Kier molecular flexibility index (Phi) is 39.1. The number of rotatable bonds is 53. The molecule has 128 heavy (non-hydrogen) atoms. The summed E-state index contributed by atoms with van der Waals surface area (Å²) in [4.78, 5) is 250. The number of hydrogen-bond donors (Lipinski definition) is 23. The molecule has 0 bridgehead atoms. The van der Waals surface area contributed by atoms with Crippen LogP contribution in [0.1, 0.15) is 134 Å². The van der Waals surface area contributed by atoms with Gasteiger partial charge in [-0.1, -0.05) is 120 Å². The van der Waals surface area contributed by atoms with Crippen molar-refractivity contribution in [2.24, 2.45) is 29.2 Å². The van der Waals surface area contributed by atoms with Crippen LogP contribution in [0, 0.1) is 17.8 Å². The molecule has 0 aliphatic rings. The van der Waals surface area contributed by atoms with Crippen LogP contribution < -0.4 is 80.6 Å². The zero-order valence-electron chi connectivity index (χ0n) is 72.0. The van der Waals surface area contributed by atoms with Crippen LogP contribution in [-0.2, 0) is 114 Å². The van der Waals surface area contributed by atoms with Crippen LogP contribution in [0.2, 0.25) is 0 Å². The maximum Gasteiger partial charge on any atom is 0.305 e. The van der Waals surface area contributed by atoms with Gasteiger partial charge in [0.25, 0.3) is 0 Å². The van der Waals surface area contributed by atoms with Gasteiger partial charge < -0.3 is 121 Å². The van der Waals surface area contributed by atoms with Gasteiger partial charge in [0, 0.05) is 98.0 Å². The van der Waals surface area contributed by atoms with Gasteiger partial charge in [-0.05, 0) is 109 Å². The van der Waals surface area contributed by atoms with E-state index >= 15 is 4.79 Å². The van der Waals surface area contributed by atoms with E-state index in [2.05, 4.69) is 89.1 Å². The fourth-order valence-electron chi connectivity index (χ4n) is 14.1. The Balaban J connectivity index is 1.13. The number of aliphatic hydroxyl groups is 1. The lowest BCUT2D eigenvalue weighted by Crippen LogP contribution is -2.62. The molecule has 0 saturated carbocycles. The lowest BCUT2D eigenvalue weighted by Gasteiger charge is -2.29. The number of carboxylic acids is 3. The largest absolute Gasteiger partial charge is 0.508 e. The first-order valence-corrected chi connectivity index (χ1v) is 41.9. The molecule has 690 valence electrons. The normalized spacial score (nSPS) is 14.3. The molecule has 41 nitrogen and oxygen atoms in total. The third kappa shape index (κ3) is 31.8. The Morgan fingerprint density at radius 1 is 0.391 bits per heavy atom. The number of phenolic OH excluding ortho intramolecular Hbond substituents is 1. The van der Waals surface area contributed by atoms with Crippen molar-refractivity contribution in [3.8, 4) is 5.75 Å². The number of nitrogens with one attached hydrogen (secondary N) is 16. The first kappa shape index (κ1) is 101. The number of unbranched alkanes of at least 4 members (excludes halogenated alkanes) is 1. The van der Waals surface area contributed by atoms with Gasteiger partial charge in [-0.15, -0.1) is 0 Å². The molecule has 0 radical (unpaired) electrons. The van der Waals surface area contributed by atoms with Crippen LogP contribution in [0.3, 0.4) is 0 Å². The van der Waals surface area contributed by atoms with E-state index in [0.29, 0.717) is 50.6 Å². The molecule has 0 saturated heterocycles. The summed E-state index contributed by atoms with van der Waals surface area (Å²) in [6, 6.07) is 5.98. The molecule has 0 fully saturated rings. The van der Waals surface area contributed by atoms with Crippen molar-refractivity contribution in [2.75, 3.05) is 13.2 Å². The second kappa shape index (κ2) is 49.5. The number of aliphatic hydroxyl groups excluding tert-OH is 1. The zero-order valence-corrected chi connectivity index (χ0v) is 72.0. The predicted molar refractivity (Wildman–Crippen MR) is 463 cm³/mol. The van der Waals surface area contributed by atoms with E-state index in [1.807, 2.05) is 0 Å². The summed E-state index contributed by atoms with van der Waals surface area (Å²) in [5.41, 5.74) is 14.9. The summed E-state index contributed by atoms with van der Waals surface area (Å²) in [6.07, 6.45) is 0.397.